The fraction of sp³-hybridized carbons (Fsp3) is 0.938. The molecule has 0 spiro atoms. The van der Waals surface area contributed by atoms with Crippen molar-refractivity contribution < 1.29 is 48.6 Å². The molecule has 4 N–H and O–H groups in total. The Labute approximate surface area is 277 Å². The minimum absolute atomic E-state index is 0.198. The highest BCUT2D eigenvalue weighted by Crippen LogP contribution is 2.42. The van der Waals surface area contributed by atoms with Gasteiger partial charge in [-0.15, -0.1) is 0 Å². The second-order valence-electron chi connectivity index (χ2n) is 13.9. The molecule has 44 heavy (non-hydrogen) atoms. The standard InChI is InChI=1S/C32H58INO10/c1-12-13-34-17-32(39)22(6)42-23(16-30(32,8)41-11)43-25-19(3)15-29(7,40-10)14-18(2)24(35)20(4)26(36)31(9,38)28(33)44-27(37)21(25)5/h18-23,25-26,28,34,36,38-39H,12-17H2,1-11H3/t18-,19-,20+,21-,22+,23+,25+,26-,28+,29-,30-,31+,32-/m1/s1. The SMILES string of the molecule is CCCNC[C@@]1(O)[C@H](C)O[C@@H](O[C@H]2[C@H](C)C[C@](C)(OC)C[C@@H](C)C(=O)[C@H](C)[C@@H](O)[C@](C)(O)[C@@H](I)OC(=O)[C@@H]2C)C[C@@]1(C)OC. The number of methoxy groups -OCH3 is 2. The lowest BCUT2D eigenvalue weighted by Gasteiger charge is -2.53. The van der Waals surface area contributed by atoms with Crippen LogP contribution in [0, 0.1) is 23.7 Å². The predicted molar refractivity (Wildman–Crippen MR) is 174 cm³/mol. The average Bonchev–Trinajstić information content (AvgIpc) is 2.96. The Hall–Kier alpha value is -0.450. The number of hydrogen-bond acceptors (Lipinski definition) is 11. The number of Topliss-reactive ketones (excluding diaryl/α,β-unsaturated/α-hetero) is 1. The van der Waals surface area contributed by atoms with Crippen LogP contribution < -0.4 is 5.32 Å². The molecule has 2 heterocycles. The summed E-state index contributed by atoms with van der Waals surface area (Å²) >= 11 is 1.78. The van der Waals surface area contributed by atoms with Gasteiger partial charge < -0.3 is 44.3 Å². The topological polar surface area (TPSA) is 153 Å². The monoisotopic (exact) mass is 743 g/mol. The summed E-state index contributed by atoms with van der Waals surface area (Å²) in [5.74, 6) is -3.31. The maximum Gasteiger partial charge on any atom is 0.312 e. The van der Waals surface area contributed by atoms with E-state index in [0.29, 0.717) is 12.8 Å². The van der Waals surface area contributed by atoms with Crippen LogP contribution in [0.5, 0.6) is 0 Å². The molecule has 2 saturated heterocycles. The summed E-state index contributed by atoms with van der Waals surface area (Å²) in [4.78, 5) is 27.0. The minimum Gasteiger partial charge on any atom is -0.448 e. The number of ketones is 1. The lowest BCUT2D eigenvalue weighted by molar-refractivity contribution is -0.328. The van der Waals surface area contributed by atoms with Crippen molar-refractivity contribution in [2.24, 2.45) is 23.7 Å². The molecule has 0 unspecified atom stereocenters. The van der Waals surface area contributed by atoms with Crippen molar-refractivity contribution in [2.45, 2.75) is 139 Å². The number of esters is 1. The predicted octanol–water partition coefficient (Wildman–Crippen LogP) is 3.37. The van der Waals surface area contributed by atoms with E-state index in [1.807, 2.05) is 27.7 Å². The molecule has 0 aliphatic carbocycles. The molecule has 0 aromatic rings. The first kappa shape index (κ1) is 39.7. The summed E-state index contributed by atoms with van der Waals surface area (Å²) in [5, 5.41) is 37.3. The largest absolute Gasteiger partial charge is 0.448 e. The summed E-state index contributed by atoms with van der Waals surface area (Å²) in [6.07, 6.45) is -1.77. The van der Waals surface area contributed by atoms with Gasteiger partial charge in [0.2, 0.25) is 0 Å². The van der Waals surface area contributed by atoms with Crippen LogP contribution in [0.15, 0.2) is 0 Å². The van der Waals surface area contributed by atoms with Crippen LogP contribution in [-0.4, -0.2) is 105 Å². The third kappa shape index (κ3) is 8.52. The van der Waals surface area contributed by atoms with Gasteiger partial charge in [0.05, 0.1) is 29.8 Å². The van der Waals surface area contributed by atoms with Crippen molar-refractivity contribution in [1.82, 2.24) is 5.32 Å². The van der Waals surface area contributed by atoms with Gasteiger partial charge in [-0.3, -0.25) is 9.59 Å². The molecule has 2 rings (SSSR count). The minimum atomic E-state index is -1.90. The molecule has 0 aromatic heterocycles. The van der Waals surface area contributed by atoms with Crippen LogP contribution in [0.3, 0.4) is 0 Å². The molecule has 0 aromatic carbocycles. The third-order valence-corrected chi connectivity index (χ3v) is 11.7. The van der Waals surface area contributed by atoms with Gasteiger partial charge in [0.15, 0.2) is 10.4 Å². The van der Waals surface area contributed by atoms with Crippen LogP contribution in [-0.2, 0) is 33.3 Å². The summed E-state index contributed by atoms with van der Waals surface area (Å²) in [5.41, 5.74) is -5.04. The number of alkyl halides is 1. The van der Waals surface area contributed by atoms with E-state index in [0.717, 1.165) is 13.0 Å². The Morgan fingerprint density at radius 1 is 0.977 bits per heavy atom. The smallest absolute Gasteiger partial charge is 0.312 e. The second-order valence-corrected chi connectivity index (χ2v) is 15.0. The number of hydrogen-bond donors (Lipinski definition) is 4. The van der Waals surface area contributed by atoms with Crippen molar-refractivity contribution in [3.63, 3.8) is 0 Å². The number of aliphatic hydroxyl groups excluding tert-OH is 1. The molecule has 0 saturated carbocycles. The fourth-order valence-corrected chi connectivity index (χ4v) is 7.48. The lowest BCUT2D eigenvalue weighted by atomic mass is 9.75. The molecule has 2 aliphatic heterocycles. The molecule has 13 atom stereocenters. The molecule has 12 heteroatoms. The average molecular weight is 744 g/mol. The number of cyclic esters (lactones) is 1. The van der Waals surface area contributed by atoms with Crippen LogP contribution >= 0.6 is 22.6 Å². The van der Waals surface area contributed by atoms with Gasteiger partial charge in [0, 0.05) is 39.0 Å². The Morgan fingerprint density at radius 2 is 1.59 bits per heavy atom. The van der Waals surface area contributed by atoms with Crippen molar-refractivity contribution in [3.8, 4) is 0 Å². The summed E-state index contributed by atoms with van der Waals surface area (Å²) in [6, 6.07) is 0. The van der Waals surface area contributed by atoms with Crippen molar-refractivity contribution in [1.29, 1.82) is 0 Å². The van der Waals surface area contributed by atoms with E-state index in [1.165, 1.54) is 6.92 Å². The first-order chi connectivity index (χ1) is 20.2. The number of carbonyl (C=O) groups is 2. The normalized spacial score (nSPS) is 46.8. The number of carbonyl (C=O) groups excluding carboxylic acids is 2. The van der Waals surface area contributed by atoms with Crippen molar-refractivity contribution in [2.75, 3.05) is 27.3 Å². The van der Waals surface area contributed by atoms with Gasteiger partial charge in [-0.25, -0.2) is 0 Å². The maximum absolute atomic E-state index is 13.6. The van der Waals surface area contributed by atoms with Gasteiger partial charge in [0.1, 0.15) is 22.6 Å². The van der Waals surface area contributed by atoms with Gasteiger partial charge in [-0.05, 0) is 88.9 Å². The van der Waals surface area contributed by atoms with E-state index >= 15 is 0 Å². The van der Waals surface area contributed by atoms with Crippen LogP contribution in [0.2, 0.25) is 0 Å². The lowest BCUT2D eigenvalue weighted by Crippen LogP contribution is -2.70. The Morgan fingerprint density at radius 3 is 2.14 bits per heavy atom. The molecule has 2 aliphatic rings. The highest BCUT2D eigenvalue weighted by molar-refractivity contribution is 14.1. The first-order valence-corrected chi connectivity index (χ1v) is 17.1. The summed E-state index contributed by atoms with van der Waals surface area (Å²) in [6.45, 7) is 17.0. The molecule has 2 fully saturated rings. The number of ether oxygens (including phenoxy) is 5. The third-order valence-electron chi connectivity index (χ3n) is 10.2. The van der Waals surface area contributed by atoms with Crippen LogP contribution in [0.4, 0.5) is 0 Å². The molecule has 0 bridgehead atoms. The van der Waals surface area contributed by atoms with Crippen LogP contribution in [0.25, 0.3) is 0 Å². The van der Waals surface area contributed by atoms with E-state index in [9.17, 15) is 24.9 Å². The number of rotatable bonds is 8. The summed E-state index contributed by atoms with van der Waals surface area (Å²) < 4.78 is 29.3. The van der Waals surface area contributed by atoms with E-state index in [-0.39, 0.29) is 24.7 Å². The van der Waals surface area contributed by atoms with Gasteiger partial charge in [-0.2, -0.15) is 0 Å². The van der Waals surface area contributed by atoms with Crippen LogP contribution in [0.1, 0.15) is 88.0 Å². The maximum atomic E-state index is 13.6. The van der Waals surface area contributed by atoms with Gasteiger partial charge >= 0.3 is 5.97 Å². The Kier molecular flexibility index (Phi) is 14.1. The molecule has 11 nitrogen and oxygen atoms in total. The van der Waals surface area contributed by atoms with Crippen molar-refractivity contribution in [3.05, 3.63) is 0 Å². The quantitative estimate of drug-likeness (QED) is 0.125. The summed E-state index contributed by atoms with van der Waals surface area (Å²) in [7, 11) is 3.14. The molecular formula is C32H58INO10. The molecule has 258 valence electrons. The number of nitrogens with one attached hydrogen (secondary N) is 1. The van der Waals surface area contributed by atoms with E-state index in [1.54, 1.807) is 64.5 Å². The zero-order valence-electron chi connectivity index (χ0n) is 28.5. The Balaban J connectivity index is 2.48. The van der Waals surface area contributed by atoms with Crippen molar-refractivity contribution >= 4 is 34.3 Å². The van der Waals surface area contributed by atoms with E-state index in [2.05, 4.69) is 5.32 Å². The molecule has 0 amide bonds. The Bertz CT molecular complexity index is 969. The highest BCUT2D eigenvalue weighted by atomic mass is 127. The number of halogens is 1. The van der Waals surface area contributed by atoms with Gasteiger partial charge in [0.25, 0.3) is 0 Å². The first-order valence-electron chi connectivity index (χ1n) is 15.9. The fourth-order valence-electron chi connectivity index (χ4n) is 6.86. The zero-order chi connectivity index (χ0) is 33.8. The van der Waals surface area contributed by atoms with E-state index < -0.39 is 74.8 Å². The molecule has 0 radical (unpaired) electrons. The second kappa shape index (κ2) is 15.6. The van der Waals surface area contributed by atoms with Gasteiger partial charge in [-0.1, -0.05) is 27.7 Å². The molecular weight excluding hydrogens is 685 g/mol. The zero-order valence-corrected chi connectivity index (χ0v) is 30.7. The number of aliphatic hydroxyl groups is 3. The highest BCUT2D eigenvalue weighted by Gasteiger charge is 2.57. The van der Waals surface area contributed by atoms with E-state index in [4.69, 9.17) is 23.7 Å².